The number of hydrogen-bond donors (Lipinski definition) is 0. The lowest BCUT2D eigenvalue weighted by molar-refractivity contribution is 0.131. The van der Waals surface area contributed by atoms with E-state index in [1.54, 1.807) is 7.11 Å². The molecular formula is C26H33N3O2. The number of benzene rings is 1. The summed E-state index contributed by atoms with van der Waals surface area (Å²) in [5.74, 6) is 1.93. The maximum atomic E-state index is 13.2. The fourth-order valence-electron chi connectivity index (χ4n) is 5.67. The minimum absolute atomic E-state index is 0.253. The molecule has 3 aliphatic rings. The van der Waals surface area contributed by atoms with Gasteiger partial charge in [0.2, 0.25) is 0 Å². The molecule has 4 heterocycles. The van der Waals surface area contributed by atoms with E-state index < -0.39 is 0 Å². The molecule has 2 bridgehead atoms. The van der Waals surface area contributed by atoms with Crippen molar-refractivity contribution in [2.45, 2.75) is 38.3 Å². The van der Waals surface area contributed by atoms with Crippen molar-refractivity contribution >= 4 is 6.08 Å². The number of methoxy groups -OCH3 is 1. The van der Waals surface area contributed by atoms with Crippen molar-refractivity contribution in [3.63, 3.8) is 0 Å². The fraction of sp³-hybridized carbons (Fsp3) is 0.500. The number of piperidine rings is 1. The van der Waals surface area contributed by atoms with Crippen LogP contribution in [0.4, 0.5) is 0 Å². The van der Waals surface area contributed by atoms with E-state index in [0.29, 0.717) is 11.8 Å². The number of nitrogens with zero attached hydrogens (tertiary/aromatic N) is 3. The molecule has 1 aromatic carbocycles. The van der Waals surface area contributed by atoms with Gasteiger partial charge in [0.15, 0.2) is 0 Å². The van der Waals surface area contributed by atoms with Crippen LogP contribution < -0.4 is 10.3 Å². The quantitative estimate of drug-likeness (QED) is 0.717. The Morgan fingerprint density at radius 1 is 1.03 bits per heavy atom. The van der Waals surface area contributed by atoms with Gasteiger partial charge in [0.1, 0.15) is 5.75 Å². The summed E-state index contributed by atoms with van der Waals surface area (Å²) in [4.78, 5) is 18.2. The van der Waals surface area contributed by atoms with Crippen LogP contribution in [0.3, 0.4) is 0 Å². The third kappa shape index (κ3) is 4.35. The first-order valence-corrected chi connectivity index (χ1v) is 11.7. The predicted molar refractivity (Wildman–Crippen MR) is 125 cm³/mol. The lowest BCUT2D eigenvalue weighted by Gasteiger charge is -2.42. The van der Waals surface area contributed by atoms with Crippen LogP contribution >= 0.6 is 0 Å². The first-order valence-electron chi connectivity index (χ1n) is 11.7. The normalized spacial score (nSPS) is 23.9. The molecule has 0 amide bonds. The first kappa shape index (κ1) is 20.5. The monoisotopic (exact) mass is 419 g/mol. The van der Waals surface area contributed by atoms with E-state index in [1.807, 2.05) is 18.2 Å². The van der Waals surface area contributed by atoms with Crippen molar-refractivity contribution in [1.82, 2.24) is 14.4 Å². The summed E-state index contributed by atoms with van der Waals surface area (Å²) in [5.41, 5.74) is 3.58. The molecule has 2 aromatic rings. The summed E-state index contributed by atoms with van der Waals surface area (Å²) in [7, 11) is 1.72. The number of ether oxygens (including phenoxy) is 1. The highest BCUT2D eigenvalue weighted by Crippen LogP contribution is 2.35. The van der Waals surface area contributed by atoms with Crippen molar-refractivity contribution in [2.24, 2.45) is 5.92 Å². The molecule has 0 N–H and O–H groups in total. The highest BCUT2D eigenvalue weighted by Gasteiger charge is 2.34. The second-order valence-electron chi connectivity index (χ2n) is 9.34. The molecule has 0 saturated carbocycles. The van der Waals surface area contributed by atoms with Gasteiger partial charge >= 0.3 is 0 Å². The van der Waals surface area contributed by atoms with Gasteiger partial charge in [-0.05, 0) is 50.4 Å². The van der Waals surface area contributed by atoms with Gasteiger partial charge < -0.3 is 9.30 Å². The molecule has 5 nitrogen and oxygen atoms in total. The molecule has 1 aromatic heterocycles. The molecule has 164 valence electrons. The highest BCUT2D eigenvalue weighted by molar-refractivity contribution is 5.57. The number of rotatable bonds is 6. The molecule has 2 atom stereocenters. The average molecular weight is 420 g/mol. The van der Waals surface area contributed by atoms with Crippen LogP contribution in [0.1, 0.15) is 42.0 Å². The summed E-state index contributed by atoms with van der Waals surface area (Å²) < 4.78 is 7.55. The largest absolute Gasteiger partial charge is 0.496 e. The standard InChI is InChI=1S/C26H33N3O2/c1-31-25-9-3-2-7-21(25)8-6-14-28-16-20-15-23(19-28)24-11-10-22(26(30)29(24)17-20)18-27-12-4-5-13-27/h2-3,6-11,20,23H,4-5,12-19H2,1H3/b8-6+/t20-,23+/m0/s1. The molecule has 0 spiro atoms. The molecule has 5 heteroatoms. The van der Waals surface area contributed by atoms with Crippen molar-refractivity contribution in [1.29, 1.82) is 0 Å². The summed E-state index contributed by atoms with van der Waals surface area (Å²) in [6, 6.07) is 12.5. The smallest absolute Gasteiger partial charge is 0.255 e. The Morgan fingerprint density at radius 2 is 1.87 bits per heavy atom. The minimum atomic E-state index is 0.253. The molecule has 2 fully saturated rings. The van der Waals surface area contributed by atoms with Crippen LogP contribution in [-0.4, -0.2) is 54.2 Å². The SMILES string of the molecule is COc1ccccc1/C=C/CN1C[C@@H]2C[C@H](C1)c1ccc(CN3CCCC3)c(=O)n1C2. The number of pyridine rings is 1. The maximum Gasteiger partial charge on any atom is 0.255 e. The number of fused-ring (bicyclic) bond motifs is 4. The van der Waals surface area contributed by atoms with Crippen LogP contribution in [0.15, 0.2) is 47.3 Å². The van der Waals surface area contributed by atoms with E-state index in [4.69, 9.17) is 4.74 Å². The lowest BCUT2D eigenvalue weighted by atomic mass is 9.83. The number of hydrogen-bond acceptors (Lipinski definition) is 4. The minimum Gasteiger partial charge on any atom is -0.496 e. The van der Waals surface area contributed by atoms with E-state index in [2.05, 4.69) is 44.7 Å². The van der Waals surface area contributed by atoms with Crippen LogP contribution in [0.25, 0.3) is 6.08 Å². The van der Waals surface area contributed by atoms with Gasteiger partial charge in [0.25, 0.3) is 5.56 Å². The van der Waals surface area contributed by atoms with Crippen molar-refractivity contribution in [3.05, 3.63) is 69.6 Å². The van der Waals surface area contributed by atoms with Crippen LogP contribution in [0, 0.1) is 5.92 Å². The zero-order valence-corrected chi connectivity index (χ0v) is 18.5. The van der Waals surface area contributed by atoms with Gasteiger partial charge in [-0.15, -0.1) is 0 Å². The van der Waals surface area contributed by atoms with Gasteiger partial charge in [0.05, 0.1) is 7.11 Å². The van der Waals surface area contributed by atoms with Gasteiger partial charge in [-0.3, -0.25) is 14.6 Å². The molecule has 0 aliphatic carbocycles. The van der Waals surface area contributed by atoms with Gasteiger partial charge in [-0.25, -0.2) is 0 Å². The molecular weight excluding hydrogens is 386 g/mol. The molecule has 3 aliphatic heterocycles. The Morgan fingerprint density at radius 3 is 2.71 bits per heavy atom. The molecule has 0 unspecified atom stereocenters. The zero-order valence-electron chi connectivity index (χ0n) is 18.5. The zero-order chi connectivity index (χ0) is 21.2. The molecule has 2 saturated heterocycles. The number of likely N-dealkylation sites (tertiary alicyclic amines) is 2. The van der Waals surface area contributed by atoms with E-state index in [9.17, 15) is 4.79 Å². The summed E-state index contributed by atoms with van der Waals surface area (Å²) in [6.45, 7) is 6.96. The summed E-state index contributed by atoms with van der Waals surface area (Å²) >= 11 is 0. The average Bonchev–Trinajstić information content (AvgIpc) is 3.29. The Bertz CT molecular complexity index is 1010. The topological polar surface area (TPSA) is 37.7 Å². The van der Waals surface area contributed by atoms with E-state index >= 15 is 0 Å². The third-order valence-electron chi connectivity index (χ3n) is 7.15. The van der Waals surface area contributed by atoms with Crippen molar-refractivity contribution < 1.29 is 4.74 Å². The Balaban J connectivity index is 1.27. The van der Waals surface area contributed by atoms with Crippen LogP contribution in [-0.2, 0) is 13.1 Å². The molecule has 31 heavy (non-hydrogen) atoms. The molecule has 5 rings (SSSR count). The maximum absolute atomic E-state index is 13.2. The second kappa shape index (κ2) is 9.01. The van der Waals surface area contributed by atoms with Crippen molar-refractivity contribution in [2.75, 3.05) is 39.8 Å². The number of para-hydroxylation sites is 1. The van der Waals surface area contributed by atoms with Gasteiger partial charge in [-0.1, -0.05) is 36.4 Å². The first-order chi connectivity index (χ1) is 15.2. The lowest BCUT2D eigenvalue weighted by Crippen LogP contribution is -2.47. The van der Waals surface area contributed by atoms with E-state index in [-0.39, 0.29) is 5.56 Å². The van der Waals surface area contributed by atoms with E-state index in [0.717, 1.165) is 62.7 Å². The van der Waals surface area contributed by atoms with E-state index in [1.165, 1.54) is 25.0 Å². The fourth-order valence-corrected chi connectivity index (χ4v) is 5.67. The van der Waals surface area contributed by atoms with Crippen molar-refractivity contribution in [3.8, 4) is 5.75 Å². The summed E-state index contributed by atoms with van der Waals surface area (Å²) in [5, 5.41) is 0. The van der Waals surface area contributed by atoms with Crippen LogP contribution in [0.2, 0.25) is 0 Å². The Kier molecular flexibility index (Phi) is 5.97. The van der Waals surface area contributed by atoms with Gasteiger partial charge in [0, 0.05) is 55.5 Å². The van der Waals surface area contributed by atoms with Crippen LogP contribution in [0.5, 0.6) is 5.75 Å². The third-order valence-corrected chi connectivity index (χ3v) is 7.15. The summed E-state index contributed by atoms with van der Waals surface area (Å²) in [6.07, 6.45) is 8.13. The Labute approximate surface area is 184 Å². The van der Waals surface area contributed by atoms with Gasteiger partial charge in [-0.2, -0.15) is 0 Å². The Hall–Kier alpha value is -2.37. The predicted octanol–water partition coefficient (Wildman–Crippen LogP) is 3.59. The second-order valence-corrected chi connectivity index (χ2v) is 9.34. The highest BCUT2D eigenvalue weighted by atomic mass is 16.5. The molecule has 0 radical (unpaired) electrons. The number of aromatic nitrogens is 1.